The summed E-state index contributed by atoms with van der Waals surface area (Å²) >= 11 is 3.31. The number of benzene rings is 1. The molecule has 1 aromatic rings. The molecule has 1 aromatic carbocycles. The van der Waals surface area contributed by atoms with Crippen molar-refractivity contribution in [1.29, 1.82) is 0 Å². The molecule has 2 rings (SSSR count). The molecule has 5 nitrogen and oxygen atoms in total. The Balaban J connectivity index is 2.32. The summed E-state index contributed by atoms with van der Waals surface area (Å²) in [6.45, 7) is 0.882. The Morgan fingerprint density at radius 3 is 2.94 bits per heavy atom. The molecule has 88 valence electrons. The highest BCUT2D eigenvalue weighted by Gasteiger charge is 2.25. The summed E-state index contributed by atoms with van der Waals surface area (Å²) in [5.41, 5.74) is 12.5. The van der Waals surface area contributed by atoms with Crippen molar-refractivity contribution in [2.45, 2.75) is 6.10 Å². The van der Waals surface area contributed by atoms with E-state index in [2.05, 4.69) is 15.9 Å². The number of methoxy groups -OCH3 is 1. The van der Waals surface area contributed by atoms with Crippen LogP contribution >= 0.6 is 15.9 Å². The molecule has 1 heterocycles. The summed E-state index contributed by atoms with van der Waals surface area (Å²) in [6.07, 6.45) is -0.118. The Morgan fingerprint density at radius 1 is 1.50 bits per heavy atom. The van der Waals surface area contributed by atoms with Gasteiger partial charge in [-0.25, -0.2) is 0 Å². The third kappa shape index (κ3) is 1.90. The fraction of sp³-hybridized carbons (Fsp3) is 0.400. The molecule has 16 heavy (non-hydrogen) atoms. The lowest BCUT2D eigenvalue weighted by Crippen LogP contribution is -2.33. The molecule has 0 bridgehead atoms. The molecular weight excluding hydrogens is 276 g/mol. The second-order valence-electron chi connectivity index (χ2n) is 3.52. The molecule has 0 amide bonds. The number of hydrogen-bond donors (Lipinski definition) is 2. The lowest BCUT2D eigenvalue weighted by Gasteiger charge is -2.27. The summed E-state index contributed by atoms with van der Waals surface area (Å²) in [4.78, 5) is 0. The maximum atomic E-state index is 5.83. The van der Waals surface area contributed by atoms with E-state index in [1.54, 1.807) is 13.2 Å². The molecule has 0 aromatic heterocycles. The molecule has 0 fully saturated rings. The van der Waals surface area contributed by atoms with Gasteiger partial charge in [-0.05, 0) is 15.9 Å². The quantitative estimate of drug-likeness (QED) is 0.804. The Morgan fingerprint density at radius 2 is 2.25 bits per heavy atom. The predicted molar refractivity (Wildman–Crippen MR) is 64.8 cm³/mol. The van der Waals surface area contributed by atoms with Crippen LogP contribution in [0.25, 0.3) is 0 Å². The number of fused-ring (bicyclic) bond motifs is 1. The van der Waals surface area contributed by atoms with E-state index in [9.17, 15) is 0 Å². The molecule has 0 spiro atoms. The summed E-state index contributed by atoms with van der Waals surface area (Å²) in [6, 6.07) is 1.75. The zero-order valence-electron chi connectivity index (χ0n) is 8.83. The van der Waals surface area contributed by atoms with Crippen molar-refractivity contribution >= 4 is 27.3 Å². The third-order valence-corrected chi connectivity index (χ3v) is 2.99. The molecular formula is C10H13BrN2O3. The molecule has 0 saturated heterocycles. The fourth-order valence-electron chi connectivity index (χ4n) is 1.54. The average molecular weight is 289 g/mol. The van der Waals surface area contributed by atoms with Gasteiger partial charge in [0, 0.05) is 17.6 Å². The number of rotatable bonds is 2. The molecule has 6 heteroatoms. The van der Waals surface area contributed by atoms with Gasteiger partial charge in [0.2, 0.25) is 0 Å². The molecule has 0 saturated carbocycles. The van der Waals surface area contributed by atoms with Gasteiger partial charge in [0.15, 0.2) is 17.6 Å². The third-order valence-electron chi connectivity index (χ3n) is 2.33. The van der Waals surface area contributed by atoms with Gasteiger partial charge in [0.1, 0.15) is 12.3 Å². The fourth-order valence-corrected chi connectivity index (χ4v) is 1.96. The standard InChI is InChI=1S/C10H13BrN2O3/c1-14-3-5-4-15-10-7(16-5)2-6(11)8(12)9(10)13/h2,5H,3-4,12-13H2,1H3. The van der Waals surface area contributed by atoms with Gasteiger partial charge in [-0.3, -0.25) is 0 Å². The molecule has 1 unspecified atom stereocenters. The highest BCUT2D eigenvalue weighted by molar-refractivity contribution is 9.10. The van der Waals surface area contributed by atoms with Crippen molar-refractivity contribution in [3.05, 3.63) is 10.5 Å². The molecule has 0 radical (unpaired) electrons. The smallest absolute Gasteiger partial charge is 0.186 e. The number of hydrogen-bond acceptors (Lipinski definition) is 5. The average Bonchev–Trinajstić information content (AvgIpc) is 2.26. The van der Waals surface area contributed by atoms with E-state index in [1.165, 1.54) is 0 Å². The van der Waals surface area contributed by atoms with E-state index in [-0.39, 0.29) is 6.10 Å². The summed E-state index contributed by atoms with van der Waals surface area (Å²) < 4.78 is 16.9. The van der Waals surface area contributed by atoms with E-state index in [1.807, 2.05) is 0 Å². The molecule has 1 atom stereocenters. The lowest BCUT2D eigenvalue weighted by molar-refractivity contribution is 0.0276. The van der Waals surface area contributed by atoms with Crippen molar-refractivity contribution in [3.63, 3.8) is 0 Å². The first-order valence-corrected chi connectivity index (χ1v) is 5.58. The van der Waals surface area contributed by atoms with Crippen LogP contribution in [0, 0.1) is 0 Å². The van der Waals surface area contributed by atoms with Gasteiger partial charge in [0.05, 0.1) is 12.3 Å². The van der Waals surface area contributed by atoms with E-state index in [0.717, 1.165) is 0 Å². The number of nitrogen functional groups attached to an aromatic ring is 2. The number of halogens is 1. The maximum absolute atomic E-state index is 5.83. The first-order chi connectivity index (χ1) is 7.63. The van der Waals surface area contributed by atoms with Crippen molar-refractivity contribution in [2.75, 3.05) is 31.8 Å². The van der Waals surface area contributed by atoms with Crippen LogP contribution in [0.1, 0.15) is 0 Å². The topological polar surface area (TPSA) is 79.7 Å². The van der Waals surface area contributed by atoms with Crippen LogP contribution in [0.3, 0.4) is 0 Å². The van der Waals surface area contributed by atoms with Gasteiger partial charge < -0.3 is 25.7 Å². The Hall–Kier alpha value is -1.14. The van der Waals surface area contributed by atoms with Crippen LogP contribution < -0.4 is 20.9 Å². The normalized spacial score (nSPS) is 18.5. The zero-order valence-corrected chi connectivity index (χ0v) is 10.4. The van der Waals surface area contributed by atoms with Crippen LogP contribution in [0.2, 0.25) is 0 Å². The summed E-state index contributed by atoms with van der Waals surface area (Å²) in [7, 11) is 1.62. The van der Waals surface area contributed by atoms with Crippen molar-refractivity contribution in [2.24, 2.45) is 0 Å². The second-order valence-corrected chi connectivity index (χ2v) is 4.37. The van der Waals surface area contributed by atoms with Crippen LogP contribution in [0.15, 0.2) is 10.5 Å². The predicted octanol–water partition coefficient (Wildman–Crippen LogP) is 1.40. The maximum Gasteiger partial charge on any atom is 0.186 e. The van der Waals surface area contributed by atoms with Crippen LogP contribution in [0.4, 0.5) is 11.4 Å². The van der Waals surface area contributed by atoms with E-state index >= 15 is 0 Å². The van der Waals surface area contributed by atoms with Gasteiger partial charge in [-0.2, -0.15) is 0 Å². The van der Waals surface area contributed by atoms with E-state index in [0.29, 0.717) is 40.6 Å². The van der Waals surface area contributed by atoms with Crippen LogP contribution in [0.5, 0.6) is 11.5 Å². The van der Waals surface area contributed by atoms with E-state index in [4.69, 9.17) is 25.7 Å². The first kappa shape index (κ1) is 11.3. The van der Waals surface area contributed by atoms with Crippen molar-refractivity contribution in [3.8, 4) is 11.5 Å². The number of ether oxygens (including phenoxy) is 3. The molecule has 1 aliphatic rings. The van der Waals surface area contributed by atoms with Gasteiger partial charge >= 0.3 is 0 Å². The molecule has 0 aliphatic carbocycles. The minimum absolute atomic E-state index is 0.118. The monoisotopic (exact) mass is 288 g/mol. The Labute approximate surface area is 102 Å². The minimum Gasteiger partial charge on any atom is -0.484 e. The van der Waals surface area contributed by atoms with Gasteiger partial charge in [-0.15, -0.1) is 0 Å². The SMILES string of the molecule is COCC1COc2c(cc(Br)c(N)c2N)O1. The summed E-state index contributed by atoms with van der Waals surface area (Å²) in [5.74, 6) is 1.10. The highest BCUT2D eigenvalue weighted by atomic mass is 79.9. The van der Waals surface area contributed by atoms with Gasteiger partial charge in [0.25, 0.3) is 0 Å². The molecule has 1 aliphatic heterocycles. The largest absolute Gasteiger partial charge is 0.484 e. The Kier molecular flexibility index (Phi) is 3.11. The van der Waals surface area contributed by atoms with Crippen LogP contribution in [-0.2, 0) is 4.74 Å². The van der Waals surface area contributed by atoms with E-state index < -0.39 is 0 Å². The van der Waals surface area contributed by atoms with Crippen LogP contribution in [-0.4, -0.2) is 26.4 Å². The summed E-state index contributed by atoms with van der Waals surface area (Å²) in [5, 5.41) is 0. The van der Waals surface area contributed by atoms with Gasteiger partial charge in [-0.1, -0.05) is 0 Å². The highest BCUT2D eigenvalue weighted by Crippen LogP contribution is 2.44. The van der Waals surface area contributed by atoms with Crippen molar-refractivity contribution < 1.29 is 14.2 Å². The molecule has 4 N–H and O–H groups in total. The van der Waals surface area contributed by atoms with Crippen molar-refractivity contribution in [1.82, 2.24) is 0 Å². The second kappa shape index (κ2) is 4.39. The lowest BCUT2D eigenvalue weighted by atomic mass is 10.2. The number of anilines is 2. The Bertz CT molecular complexity index is 412. The zero-order chi connectivity index (χ0) is 11.7. The first-order valence-electron chi connectivity index (χ1n) is 4.79. The minimum atomic E-state index is -0.118. The number of nitrogens with two attached hydrogens (primary N) is 2.